The molecule has 0 saturated heterocycles. The molecule has 2 aromatic carbocycles. The molecule has 42 heavy (non-hydrogen) atoms. The number of hydrogen-bond donors (Lipinski definition) is 0. The fourth-order valence-electron chi connectivity index (χ4n) is 5.22. The third-order valence-electron chi connectivity index (χ3n) is 7.53. The molecule has 8 heteroatoms. The van der Waals surface area contributed by atoms with Crippen molar-refractivity contribution in [2.75, 3.05) is 32.2 Å². The number of anilines is 1. The first kappa shape index (κ1) is 29.6. The molecule has 220 valence electrons. The van der Waals surface area contributed by atoms with Gasteiger partial charge in [0.2, 0.25) is 0 Å². The third kappa shape index (κ3) is 6.00. The van der Waals surface area contributed by atoms with Gasteiger partial charge in [-0.3, -0.25) is 0 Å². The first-order valence-corrected chi connectivity index (χ1v) is 15.7. The van der Waals surface area contributed by atoms with Crippen LogP contribution in [0.15, 0.2) is 54.6 Å². The lowest BCUT2D eigenvalue weighted by molar-refractivity contribution is 0.415. The Kier molecular flexibility index (Phi) is 9.42. The predicted octanol–water partition coefficient (Wildman–Crippen LogP) is 7.61. The first-order valence-electron chi connectivity index (χ1n) is 14.9. The number of methoxy groups -OCH3 is 2. The second kappa shape index (κ2) is 13.4. The van der Waals surface area contributed by atoms with Gasteiger partial charge in [-0.15, -0.1) is 21.5 Å². The van der Waals surface area contributed by atoms with Crippen molar-refractivity contribution in [3.05, 3.63) is 70.4 Å². The monoisotopic (exact) mass is 583 g/mol. The standard InChI is InChI=1S/C34H41N5O2S/c1-7-9-19-38(20-10-8-2)34-28(24-15-17-25(40-5)18-16-24)21-26(42-34)22-29-31(23(3)4)37-39-32(35-36-33(29)39)27-13-11-12-14-30(27)41-6/h11-18,21-23H,7-10,19-20H2,1-6H3/b29-22-. The molecule has 0 fully saturated rings. The molecular weight excluding hydrogens is 542 g/mol. The Morgan fingerprint density at radius 2 is 1.62 bits per heavy atom. The van der Waals surface area contributed by atoms with E-state index in [1.54, 1.807) is 14.2 Å². The van der Waals surface area contributed by atoms with Gasteiger partial charge in [-0.1, -0.05) is 64.8 Å². The van der Waals surface area contributed by atoms with Gasteiger partial charge in [-0.05, 0) is 60.7 Å². The molecule has 3 aromatic heterocycles. The van der Waals surface area contributed by atoms with Crippen molar-refractivity contribution in [2.45, 2.75) is 59.3 Å². The molecule has 0 radical (unpaired) electrons. The van der Waals surface area contributed by atoms with E-state index in [0.29, 0.717) is 5.82 Å². The SMILES string of the molecule is CCCCN(CCCC)c1sc(/C=c2/c(C(C)C)nn3c(-c4ccccc4OC)nnc23)cc1-c1ccc(OC)cc1. The number of thiophene rings is 1. The summed E-state index contributed by atoms with van der Waals surface area (Å²) >= 11 is 1.84. The molecule has 0 unspecified atom stereocenters. The zero-order valence-corrected chi connectivity index (χ0v) is 26.4. The summed E-state index contributed by atoms with van der Waals surface area (Å²) in [5, 5.41) is 16.5. The lowest BCUT2D eigenvalue weighted by Gasteiger charge is -2.24. The van der Waals surface area contributed by atoms with Crippen LogP contribution in [0.2, 0.25) is 0 Å². The largest absolute Gasteiger partial charge is 0.497 e. The van der Waals surface area contributed by atoms with E-state index in [9.17, 15) is 0 Å². The van der Waals surface area contributed by atoms with Crippen LogP contribution in [0.4, 0.5) is 5.00 Å². The molecule has 0 spiro atoms. The maximum Gasteiger partial charge on any atom is 0.189 e. The summed E-state index contributed by atoms with van der Waals surface area (Å²) in [5.74, 6) is 2.51. The normalized spacial score (nSPS) is 12.0. The Morgan fingerprint density at radius 1 is 0.905 bits per heavy atom. The van der Waals surface area contributed by atoms with E-state index in [1.807, 2.05) is 52.3 Å². The zero-order chi connectivity index (χ0) is 29.6. The average molecular weight is 584 g/mol. The van der Waals surface area contributed by atoms with Crippen molar-refractivity contribution in [3.63, 3.8) is 0 Å². The minimum atomic E-state index is 0.217. The van der Waals surface area contributed by atoms with E-state index in [4.69, 9.17) is 14.6 Å². The molecule has 7 nitrogen and oxygen atoms in total. The minimum Gasteiger partial charge on any atom is -0.497 e. The van der Waals surface area contributed by atoms with E-state index < -0.39 is 0 Å². The Labute approximate surface area is 252 Å². The number of benzene rings is 2. The molecule has 0 amide bonds. The van der Waals surface area contributed by atoms with Crippen LogP contribution in [-0.2, 0) is 0 Å². The van der Waals surface area contributed by atoms with Gasteiger partial charge in [0, 0.05) is 28.7 Å². The van der Waals surface area contributed by atoms with Crippen LogP contribution in [0.25, 0.3) is 34.2 Å². The smallest absolute Gasteiger partial charge is 0.189 e. The minimum absolute atomic E-state index is 0.217. The van der Waals surface area contributed by atoms with E-state index in [1.165, 1.54) is 46.7 Å². The molecule has 0 bridgehead atoms. The highest BCUT2D eigenvalue weighted by molar-refractivity contribution is 7.17. The van der Waals surface area contributed by atoms with Crippen molar-refractivity contribution in [1.29, 1.82) is 0 Å². The number of nitrogens with zero attached hydrogens (tertiary/aromatic N) is 5. The maximum absolute atomic E-state index is 5.62. The summed E-state index contributed by atoms with van der Waals surface area (Å²) in [6.45, 7) is 11.0. The summed E-state index contributed by atoms with van der Waals surface area (Å²) in [7, 11) is 3.38. The number of fused-ring (bicyclic) bond motifs is 1. The molecule has 0 atom stereocenters. The van der Waals surface area contributed by atoms with Gasteiger partial charge < -0.3 is 14.4 Å². The molecule has 0 aliphatic rings. The average Bonchev–Trinajstić information content (AvgIpc) is 3.72. The van der Waals surface area contributed by atoms with E-state index >= 15 is 0 Å². The van der Waals surface area contributed by atoms with E-state index in [-0.39, 0.29) is 5.92 Å². The summed E-state index contributed by atoms with van der Waals surface area (Å²) < 4.78 is 12.9. The Hall–Kier alpha value is -3.91. The highest BCUT2D eigenvalue weighted by atomic mass is 32.1. The van der Waals surface area contributed by atoms with Gasteiger partial charge >= 0.3 is 0 Å². The highest BCUT2D eigenvalue weighted by Gasteiger charge is 2.21. The molecule has 0 N–H and O–H groups in total. The van der Waals surface area contributed by atoms with Crippen LogP contribution >= 0.6 is 11.3 Å². The highest BCUT2D eigenvalue weighted by Crippen LogP contribution is 2.40. The second-order valence-electron chi connectivity index (χ2n) is 10.8. The predicted molar refractivity (Wildman–Crippen MR) is 174 cm³/mol. The first-order chi connectivity index (χ1) is 20.5. The summed E-state index contributed by atoms with van der Waals surface area (Å²) in [6.07, 6.45) is 6.91. The van der Waals surface area contributed by atoms with Crippen molar-refractivity contribution >= 4 is 28.1 Å². The number of unbranched alkanes of at least 4 members (excludes halogenated alkanes) is 2. The van der Waals surface area contributed by atoms with Gasteiger partial charge in [0.1, 0.15) is 11.5 Å². The fourth-order valence-corrected chi connectivity index (χ4v) is 6.39. The van der Waals surface area contributed by atoms with Crippen LogP contribution in [0.3, 0.4) is 0 Å². The molecule has 5 aromatic rings. The lowest BCUT2D eigenvalue weighted by atomic mass is 10.1. The number of hydrogen-bond acceptors (Lipinski definition) is 7. The van der Waals surface area contributed by atoms with Crippen molar-refractivity contribution in [3.8, 4) is 34.0 Å². The van der Waals surface area contributed by atoms with Gasteiger partial charge in [-0.25, -0.2) is 0 Å². The number of rotatable bonds is 13. The number of ether oxygens (including phenoxy) is 2. The van der Waals surface area contributed by atoms with Crippen LogP contribution < -0.4 is 19.6 Å². The fraction of sp³-hybridized carbons (Fsp3) is 0.382. The maximum atomic E-state index is 5.62. The van der Waals surface area contributed by atoms with Crippen LogP contribution in [0, 0.1) is 0 Å². The molecule has 5 rings (SSSR count). The van der Waals surface area contributed by atoms with Gasteiger partial charge in [0.05, 0.1) is 30.5 Å². The summed E-state index contributed by atoms with van der Waals surface area (Å²) in [5.41, 5.74) is 5.07. The van der Waals surface area contributed by atoms with E-state index in [0.717, 1.165) is 46.7 Å². The molecule has 3 heterocycles. The van der Waals surface area contributed by atoms with Gasteiger partial charge in [-0.2, -0.15) is 9.61 Å². The summed E-state index contributed by atoms with van der Waals surface area (Å²) in [4.78, 5) is 3.75. The van der Waals surface area contributed by atoms with Crippen LogP contribution in [0.5, 0.6) is 11.5 Å². The van der Waals surface area contributed by atoms with Crippen LogP contribution in [0.1, 0.15) is 69.9 Å². The Morgan fingerprint density at radius 3 is 2.26 bits per heavy atom. The third-order valence-corrected chi connectivity index (χ3v) is 8.67. The quantitative estimate of drug-likeness (QED) is 0.142. The van der Waals surface area contributed by atoms with Crippen molar-refractivity contribution in [1.82, 2.24) is 19.8 Å². The molecule has 0 aliphatic heterocycles. The van der Waals surface area contributed by atoms with E-state index in [2.05, 4.69) is 67.1 Å². The number of para-hydroxylation sites is 1. The van der Waals surface area contributed by atoms with Crippen molar-refractivity contribution < 1.29 is 9.47 Å². The zero-order valence-electron chi connectivity index (χ0n) is 25.6. The van der Waals surface area contributed by atoms with Gasteiger partial charge in [0.25, 0.3) is 0 Å². The van der Waals surface area contributed by atoms with Crippen LogP contribution in [-0.4, -0.2) is 47.1 Å². The Bertz CT molecular complexity index is 1660. The van der Waals surface area contributed by atoms with Gasteiger partial charge in [0.15, 0.2) is 11.5 Å². The molecule has 0 saturated carbocycles. The lowest BCUT2D eigenvalue weighted by Crippen LogP contribution is -2.25. The Balaban J connectivity index is 1.68. The summed E-state index contributed by atoms with van der Waals surface area (Å²) in [6, 6.07) is 18.6. The topological polar surface area (TPSA) is 64.8 Å². The second-order valence-corrected chi connectivity index (χ2v) is 11.9. The van der Waals surface area contributed by atoms with Crippen molar-refractivity contribution in [2.24, 2.45) is 0 Å². The molecule has 0 aliphatic carbocycles. The number of aromatic nitrogens is 4. The molecular formula is C34H41N5O2S.